The van der Waals surface area contributed by atoms with Crippen LogP contribution in [-0.4, -0.2) is 54.9 Å². The zero-order chi connectivity index (χ0) is 31.2. The Balaban J connectivity index is 0.000000683. The molecule has 2 aromatic rings. The van der Waals surface area contributed by atoms with Crippen LogP contribution in [0.3, 0.4) is 0 Å². The van der Waals surface area contributed by atoms with E-state index in [0.717, 1.165) is 68.9 Å². The summed E-state index contributed by atoms with van der Waals surface area (Å²) in [4.78, 5) is 21.6. The summed E-state index contributed by atoms with van der Waals surface area (Å²) in [5.74, 6) is 1.75. The van der Waals surface area contributed by atoms with E-state index >= 15 is 0 Å². The molecule has 1 fully saturated rings. The zero-order valence-corrected chi connectivity index (χ0v) is 27.3. The molecule has 1 amide bonds. The van der Waals surface area contributed by atoms with Crippen molar-refractivity contribution < 1.29 is 9.53 Å². The number of allylic oxidation sites excluding steroid dienone is 2. The average molecular weight is 601 g/mol. The van der Waals surface area contributed by atoms with Crippen LogP contribution in [0.15, 0.2) is 42.6 Å². The van der Waals surface area contributed by atoms with Gasteiger partial charge in [-0.2, -0.15) is 0 Å². The summed E-state index contributed by atoms with van der Waals surface area (Å²) >= 11 is 6.42. The number of hydrogen-bond donors (Lipinski definition) is 4. The van der Waals surface area contributed by atoms with E-state index in [1.807, 2.05) is 24.3 Å². The molecule has 0 bridgehead atoms. The number of nitrogens with zero attached hydrogens (tertiary/aromatic N) is 2. The third-order valence-corrected chi connectivity index (χ3v) is 7.08. The number of amides is 1. The van der Waals surface area contributed by atoms with Crippen molar-refractivity contribution in [3.63, 3.8) is 0 Å². The van der Waals surface area contributed by atoms with E-state index in [4.69, 9.17) is 26.7 Å². The van der Waals surface area contributed by atoms with E-state index in [-0.39, 0.29) is 11.8 Å². The van der Waals surface area contributed by atoms with Crippen molar-refractivity contribution in [2.24, 2.45) is 11.8 Å². The number of hydrogen-bond acceptors (Lipinski definition) is 7. The van der Waals surface area contributed by atoms with Gasteiger partial charge in [-0.1, -0.05) is 70.7 Å². The Hall–Kier alpha value is -2.81. The Bertz CT molecular complexity index is 1070. The quantitative estimate of drug-likeness (QED) is 0.173. The summed E-state index contributed by atoms with van der Waals surface area (Å²) in [6, 6.07) is 7.59. The van der Waals surface area contributed by atoms with Crippen LogP contribution in [0.2, 0.25) is 5.02 Å². The van der Waals surface area contributed by atoms with Gasteiger partial charge in [0.25, 0.3) is 0 Å². The number of halogens is 1. The van der Waals surface area contributed by atoms with Crippen LogP contribution in [-0.2, 0) is 9.53 Å². The van der Waals surface area contributed by atoms with Gasteiger partial charge in [0.05, 0.1) is 16.6 Å². The first-order chi connectivity index (χ1) is 20.3. The van der Waals surface area contributed by atoms with E-state index in [2.05, 4.69) is 48.6 Å². The molecule has 0 aliphatic carbocycles. The van der Waals surface area contributed by atoms with Crippen molar-refractivity contribution >= 4 is 34.9 Å². The fourth-order valence-electron chi connectivity index (χ4n) is 3.97. The first kappa shape index (κ1) is 37.2. The van der Waals surface area contributed by atoms with Crippen LogP contribution in [0.5, 0.6) is 0 Å². The lowest BCUT2D eigenvalue weighted by Crippen LogP contribution is -2.37. The third-order valence-electron chi connectivity index (χ3n) is 6.78. The molecule has 2 unspecified atom stereocenters. The maximum absolute atomic E-state index is 12.5. The van der Waals surface area contributed by atoms with Crippen molar-refractivity contribution in [1.29, 1.82) is 5.41 Å². The van der Waals surface area contributed by atoms with Crippen LogP contribution in [0.1, 0.15) is 79.6 Å². The molecule has 3 heterocycles. The summed E-state index contributed by atoms with van der Waals surface area (Å²) in [6.45, 7) is 13.6. The fourth-order valence-corrected chi connectivity index (χ4v) is 4.17. The molecular weight excluding hydrogens is 548 g/mol. The molecule has 4 N–H and O–H groups in total. The van der Waals surface area contributed by atoms with Gasteiger partial charge in [-0.25, -0.2) is 9.97 Å². The molecule has 0 saturated carbocycles. The standard InChI is InChI=1S/C23H32ClN5O2.C6H11N.C4H10/c1-3-16(9-11-31-2)13-26-21-8-4-7-20(28-21)18-12-22(27-15-19(18)24)29-23(30)17-6-5-10-25-14-17;1-3-4-5-6(2)7;1-3-4-2/h4,7-8,12,15-17,25H,3,5-6,9-11,13-14H2,1-2H3,(H,26,28)(H,27,29,30);4-5,7H,3H2,1-2H3;3-4H2,1-2H3/b;5-4-,7-6?;. The number of pyridine rings is 2. The number of rotatable bonds is 13. The normalized spacial score (nSPS) is 15.1. The van der Waals surface area contributed by atoms with Crippen molar-refractivity contribution in [1.82, 2.24) is 15.3 Å². The molecule has 2 aromatic heterocycles. The Morgan fingerprint density at radius 1 is 1.24 bits per heavy atom. The van der Waals surface area contributed by atoms with Crippen LogP contribution in [0.25, 0.3) is 11.3 Å². The fraction of sp³-hybridized carbons (Fsp3) is 0.576. The second-order valence-electron chi connectivity index (χ2n) is 10.4. The molecule has 1 aliphatic rings. The Morgan fingerprint density at radius 2 is 2.00 bits per heavy atom. The number of unbranched alkanes of at least 4 members (excludes halogenated alkanes) is 1. The molecule has 8 nitrogen and oxygen atoms in total. The maximum Gasteiger partial charge on any atom is 0.229 e. The zero-order valence-electron chi connectivity index (χ0n) is 26.6. The highest BCUT2D eigenvalue weighted by molar-refractivity contribution is 6.33. The van der Waals surface area contributed by atoms with Crippen LogP contribution >= 0.6 is 11.6 Å². The highest BCUT2D eigenvalue weighted by atomic mass is 35.5. The lowest BCUT2D eigenvalue weighted by Gasteiger charge is -2.21. The molecule has 1 aliphatic heterocycles. The van der Waals surface area contributed by atoms with Crippen molar-refractivity contribution in [3.8, 4) is 11.3 Å². The molecular formula is C33H53ClN6O2. The number of aromatic nitrogens is 2. The summed E-state index contributed by atoms with van der Waals surface area (Å²) in [5, 5.41) is 17.0. The summed E-state index contributed by atoms with van der Waals surface area (Å²) in [7, 11) is 1.73. The highest BCUT2D eigenvalue weighted by Crippen LogP contribution is 2.29. The number of carbonyl (C=O) groups is 1. The monoisotopic (exact) mass is 600 g/mol. The van der Waals surface area contributed by atoms with Gasteiger partial charge < -0.3 is 26.1 Å². The van der Waals surface area contributed by atoms with Crippen LogP contribution in [0.4, 0.5) is 11.6 Å². The Kier molecular flexibility index (Phi) is 20.2. The minimum absolute atomic E-state index is 0.0157. The molecule has 0 aromatic carbocycles. The van der Waals surface area contributed by atoms with Crippen LogP contribution < -0.4 is 16.0 Å². The van der Waals surface area contributed by atoms with Crippen LogP contribution in [0, 0.1) is 17.2 Å². The van der Waals surface area contributed by atoms with Gasteiger partial charge in [-0.05, 0) is 69.3 Å². The van der Waals surface area contributed by atoms with Crippen molar-refractivity contribution in [3.05, 3.63) is 47.6 Å². The predicted octanol–water partition coefficient (Wildman–Crippen LogP) is 8.01. The van der Waals surface area contributed by atoms with Gasteiger partial charge in [0.15, 0.2) is 0 Å². The molecule has 2 atom stereocenters. The Morgan fingerprint density at radius 3 is 2.57 bits per heavy atom. The molecule has 234 valence electrons. The molecule has 0 radical (unpaired) electrons. The molecule has 42 heavy (non-hydrogen) atoms. The van der Waals surface area contributed by atoms with Gasteiger partial charge in [0.2, 0.25) is 5.91 Å². The van der Waals surface area contributed by atoms with Gasteiger partial charge in [-0.15, -0.1) is 0 Å². The lowest BCUT2D eigenvalue weighted by atomic mass is 9.99. The summed E-state index contributed by atoms with van der Waals surface area (Å²) < 4.78 is 5.20. The minimum Gasteiger partial charge on any atom is -0.385 e. The topological polar surface area (TPSA) is 112 Å². The SMILES string of the molecule is CC/C=C\C(C)=N.CCC(CCOC)CNc1cccc(-c2cc(NC(=O)C3CCCNC3)ncc2Cl)n1.CCCC. The van der Waals surface area contributed by atoms with E-state index in [1.165, 1.54) is 12.8 Å². The summed E-state index contributed by atoms with van der Waals surface area (Å²) in [6.07, 6.45) is 13.0. The van der Waals surface area contributed by atoms with E-state index in [1.54, 1.807) is 32.4 Å². The van der Waals surface area contributed by atoms with Gasteiger partial charge in [0.1, 0.15) is 11.6 Å². The van der Waals surface area contributed by atoms with Crippen molar-refractivity contribution in [2.45, 2.75) is 79.6 Å². The molecule has 9 heteroatoms. The second kappa shape index (κ2) is 22.7. The number of ether oxygens (including phenoxy) is 1. The maximum atomic E-state index is 12.5. The smallest absolute Gasteiger partial charge is 0.229 e. The van der Waals surface area contributed by atoms with E-state index < -0.39 is 0 Å². The number of nitrogens with one attached hydrogen (secondary N) is 4. The number of methoxy groups -OCH3 is 1. The predicted molar refractivity (Wildman–Crippen MR) is 179 cm³/mol. The molecule has 1 saturated heterocycles. The average Bonchev–Trinajstić information content (AvgIpc) is 3.02. The minimum atomic E-state index is -0.0371. The summed E-state index contributed by atoms with van der Waals surface area (Å²) in [5.41, 5.74) is 2.10. The number of carbonyl (C=O) groups excluding carboxylic acids is 1. The number of anilines is 2. The van der Waals surface area contributed by atoms with Gasteiger partial charge in [-0.3, -0.25) is 4.79 Å². The Labute approximate surface area is 259 Å². The molecule has 0 spiro atoms. The first-order valence-electron chi connectivity index (χ1n) is 15.4. The molecule has 3 rings (SSSR count). The van der Waals surface area contributed by atoms with Gasteiger partial charge >= 0.3 is 0 Å². The largest absolute Gasteiger partial charge is 0.385 e. The van der Waals surface area contributed by atoms with Gasteiger partial charge in [0, 0.05) is 44.3 Å². The van der Waals surface area contributed by atoms with E-state index in [0.29, 0.717) is 29.0 Å². The first-order valence-corrected chi connectivity index (χ1v) is 15.8. The third kappa shape index (κ3) is 15.4. The highest BCUT2D eigenvalue weighted by Gasteiger charge is 2.21. The van der Waals surface area contributed by atoms with Crippen molar-refractivity contribution in [2.75, 3.05) is 44.0 Å². The number of piperidine rings is 1. The lowest BCUT2D eigenvalue weighted by molar-refractivity contribution is -0.120. The second-order valence-corrected chi connectivity index (χ2v) is 10.8. The van der Waals surface area contributed by atoms with E-state index in [9.17, 15) is 4.79 Å².